The Morgan fingerprint density at radius 3 is 2.88 bits per heavy atom. The minimum atomic E-state index is 0.0802. The van der Waals surface area contributed by atoms with Crippen LogP contribution in [0.3, 0.4) is 0 Å². The van der Waals surface area contributed by atoms with Gasteiger partial charge in [-0.3, -0.25) is 14.8 Å². The number of benzene rings is 2. The predicted octanol–water partition coefficient (Wildman–Crippen LogP) is 5.02. The number of carbonyl (C=O) groups is 1. The molecule has 1 aliphatic heterocycles. The number of rotatable bonds is 8. The van der Waals surface area contributed by atoms with E-state index in [2.05, 4.69) is 44.7 Å². The Balaban J connectivity index is 1.29. The lowest BCUT2D eigenvalue weighted by Gasteiger charge is -2.32. The first-order valence-electron chi connectivity index (χ1n) is 11.4. The summed E-state index contributed by atoms with van der Waals surface area (Å²) in [5.41, 5.74) is 5.36. The number of aromatic amines is 1. The molecule has 0 unspecified atom stereocenters. The van der Waals surface area contributed by atoms with E-state index >= 15 is 0 Å². The first-order chi connectivity index (χ1) is 15.6. The van der Waals surface area contributed by atoms with Crippen LogP contribution in [0.4, 0.5) is 5.69 Å². The van der Waals surface area contributed by atoms with Crippen LogP contribution in [0.5, 0.6) is 5.75 Å². The molecule has 2 N–H and O–H groups in total. The molecule has 0 radical (unpaired) electrons. The molecule has 2 heterocycles. The lowest BCUT2D eigenvalue weighted by Crippen LogP contribution is -2.35. The first kappa shape index (κ1) is 22.1. The van der Waals surface area contributed by atoms with E-state index < -0.39 is 0 Å². The molecule has 0 spiro atoms. The molecular formula is C26H32N4O2. The highest BCUT2D eigenvalue weighted by Gasteiger charge is 2.22. The number of nitrogens with zero attached hydrogens (tertiary/aromatic N) is 2. The van der Waals surface area contributed by atoms with Gasteiger partial charge in [0.05, 0.1) is 19.0 Å². The van der Waals surface area contributed by atoms with Crippen LogP contribution in [-0.4, -0.2) is 41.2 Å². The van der Waals surface area contributed by atoms with E-state index in [4.69, 9.17) is 4.74 Å². The number of H-pyrrole nitrogens is 1. The number of carbonyl (C=O) groups excluding carboxylic acids is 1. The van der Waals surface area contributed by atoms with Crippen molar-refractivity contribution in [1.82, 2.24) is 15.1 Å². The maximum absolute atomic E-state index is 12.5. The van der Waals surface area contributed by atoms with Crippen LogP contribution in [0, 0.1) is 12.8 Å². The SMILES string of the molecule is COc1ccc(NC(=O)CC[C@@H]2CCCN(Cc3cn[nH]c3-c3ccccc3)C2)c(C)c1. The molecule has 0 aliphatic carbocycles. The van der Waals surface area contributed by atoms with Crippen LogP contribution in [-0.2, 0) is 11.3 Å². The molecule has 1 fully saturated rings. The second-order valence-corrected chi connectivity index (χ2v) is 8.65. The number of hydrogen-bond donors (Lipinski definition) is 2. The fourth-order valence-electron chi connectivity index (χ4n) is 4.51. The van der Waals surface area contributed by atoms with Gasteiger partial charge < -0.3 is 10.1 Å². The number of methoxy groups -OCH3 is 1. The van der Waals surface area contributed by atoms with Crippen LogP contribution < -0.4 is 10.1 Å². The summed E-state index contributed by atoms with van der Waals surface area (Å²) in [4.78, 5) is 15.0. The Morgan fingerprint density at radius 2 is 2.09 bits per heavy atom. The van der Waals surface area contributed by atoms with Gasteiger partial charge in [-0.05, 0) is 68.0 Å². The van der Waals surface area contributed by atoms with E-state index in [0.29, 0.717) is 12.3 Å². The van der Waals surface area contributed by atoms with Crippen LogP contribution >= 0.6 is 0 Å². The number of aryl methyl sites for hydroxylation is 1. The number of hydrogen-bond acceptors (Lipinski definition) is 4. The van der Waals surface area contributed by atoms with Gasteiger partial charge in [-0.25, -0.2) is 0 Å². The van der Waals surface area contributed by atoms with Gasteiger partial charge in [0.1, 0.15) is 5.75 Å². The van der Waals surface area contributed by atoms with Crippen LogP contribution in [0.25, 0.3) is 11.3 Å². The topological polar surface area (TPSA) is 70.2 Å². The first-order valence-corrected chi connectivity index (χ1v) is 11.4. The van der Waals surface area contributed by atoms with Crippen molar-refractivity contribution in [3.05, 3.63) is 65.9 Å². The van der Waals surface area contributed by atoms with E-state index in [9.17, 15) is 4.79 Å². The Labute approximate surface area is 190 Å². The van der Waals surface area contributed by atoms with Crippen molar-refractivity contribution in [2.75, 3.05) is 25.5 Å². The van der Waals surface area contributed by atoms with Gasteiger partial charge in [0.2, 0.25) is 5.91 Å². The quantitative estimate of drug-likeness (QED) is 0.524. The van der Waals surface area contributed by atoms with Gasteiger partial charge in [0.15, 0.2) is 0 Å². The number of amides is 1. The zero-order valence-corrected chi connectivity index (χ0v) is 18.9. The standard InChI is InChI=1S/C26H32N4O2/c1-19-15-23(32-2)11-12-24(19)28-25(31)13-10-20-7-6-14-30(17-20)18-22-16-27-29-26(22)21-8-4-3-5-9-21/h3-5,8-9,11-12,15-16,20H,6-7,10,13-14,17-18H2,1-2H3,(H,27,29)(H,28,31)/t20-/m0/s1. The maximum Gasteiger partial charge on any atom is 0.224 e. The molecule has 2 aromatic carbocycles. The summed E-state index contributed by atoms with van der Waals surface area (Å²) >= 11 is 0. The summed E-state index contributed by atoms with van der Waals surface area (Å²) in [6.07, 6.45) is 5.75. The van der Waals surface area contributed by atoms with E-state index in [1.54, 1.807) is 7.11 Å². The average molecular weight is 433 g/mol. The van der Waals surface area contributed by atoms with Gasteiger partial charge >= 0.3 is 0 Å². The molecule has 0 saturated carbocycles. The summed E-state index contributed by atoms with van der Waals surface area (Å²) in [7, 11) is 1.65. The minimum Gasteiger partial charge on any atom is -0.497 e. The third-order valence-corrected chi connectivity index (χ3v) is 6.26. The third-order valence-electron chi connectivity index (χ3n) is 6.26. The van der Waals surface area contributed by atoms with Gasteiger partial charge in [-0.1, -0.05) is 30.3 Å². The Bertz CT molecular complexity index is 1030. The summed E-state index contributed by atoms with van der Waals surface area (Å²) in [6, 6.07) is 16.1. The minimum absolute atomic E-state index is 0.0802. The van der Waals surface area contributed by atoms with E-state index in [1.165, 1.54) is 24.0 Å². The fraction of sp³-hybridized carbons (Fsp3) is 0.385. The monoisotopic (exact) mass is 432 g/mol. The van der Waals surface area contributed by atoms with Crippen molar-refractivity contribution in [2.24, 2.45) is 5.92 Å². The van der Waals surface area contributed by atoms with Gasteiger partial charge in [-0.2, -0.15) is 5.10 Å². The van der Waals surface area contributed by atoms with Gasteiger partial charge in [0.25, 0.3) is 0 Å². The molecule has 3 aromatic rings. The van der Waals surface area contributed by atoms with Gasteiger partial charge in [0, 0.05) is 30.8 Å². The van der Waals surface area contributed by atoms with Crippen LogP contribution in [0.1, 0.15) is 36.8 Å². The summed E-state index contributed by atoms with van der Waals surface area (Å²) in [5.74, 6) is 1.42. The molecule has 1 aromatic heterocycles. The zero-order chi connectivity index (χ0) is 22.3. The van der Waals surface area contributed by atoms with Crippen LogP contribution in [0.15, 0.2) is 54.7 Å². The Kier molecular flexibility index (Phi) is 7.22. The molecule has 0 bridgehead atoms. The molecule has 1 amide bonds. The molecule has 168 valence electrons. The van der Waals surface area contributed by atoms with E-state index in [-0.39, 0.29) is 5.91 Å². The third kappa shape index (κ3) is 5.56. The van der Waals surface area contributed by atoms with Gasteiger partial charge in [-0.15, -0.1) is 0 Å². The highest BCUT2D eigenvalue weighted by molar-refractivity contribution is 5.91. The average Bonchev–Trinajstić information content (AvgIpc) is 3.28. The number of anilines is 1. The second kappa shape index (κ2) is 10.5. The van der Waals surface area contributed by atoms with Crippen molar-refractivity contribution in [3.63, 3.8) is 0 Å². The normalized spacial score (nSPS) is 16.6. The molecule has 1 saturated heterocycles. The lowest BCUT2D eigenvalue weighted by atomic mass is 9.93. The van der Waals surface area contributed by atoms with Crippen molar-refractivity contribution in [2.45, 2.75) is 39.2 Å². The number of likely N-dealkylation sites (tertiary alicyclic amines) is 1. The molecule has 32 heavy (non-hydrogen) atoms. The smallest absolute Gasteiger partial charge is 0.224 e. The molecule has 4 rings (SSSR count). The largest absolute Gasteiger partial charge is 0.497 e. The predicted molar refractivity (Wildman–Crippen MR) is 128 cm³/mol. The molecule has 1 atom stereocenters. The zero-order valence-electron chi connectivity index (χ0n) is 18.9. The van der Waals surface area contributed by atoms with Crippen molar-refractivity contribution in [1.29, 1.82) is 0 Å². The Hall–Kier alpha value is -3.12. The van der Waals surface area contributed by atoms with Crippen LogP contribution in [0.2, 0.25) is 0 Å². The number of nitrogens with one attached hydrogen (secondary N) is 2. The highest BCUT2D eigenvalue weighted by Crippen LogP contribution is 2.27. The molecular weight excluding hydrogens is 400 g/mol. The number of piperidine rings is 1. The lowest BCUT2D eigenvalue weighted by molar-refractivity contribution is -0.116. The van der Waals surface area contributed by atoms with Crippen molar-refractivity contribution >= 4 is 11.6 Å². The van der Waals surface area contributed by atoms with E-state index in [0.717, 1.165) is 48.7 Å². The van der Waals surface area contributed by atoms with E-state index in [1.807, 2.05) is 37.4 Å². The summed E-state index contributed by atoms with van der Waals surface area (Å²) in [6.45, 7) is 4.98. The van der Waals surface area contributed by atoms with Crippen molar-refractivity contribution in [3.8, 4) is 17.0 Å². The fourth-order valence-corrected chi connectivity index (χ4v) is 4.51. The second-order valence-electron chi connectivity index (χ2n) is 8.65. The Morgan fingerprint density at radius 1 is 1.25 bits per heavy atom. The summed E-state index contributed by atoms with van der Waals surface area (Å²) in [5, 5.41) is 10.5. The molecule has 6 nitrogen and oxygen atoms in total. The maximum atomic E-state index is 12.5. The highest BCUT2D eigenvalue weighted by atomic mass is 16.5. The molecule has 1 aliphatic rings. The summed E-state index contributed by atoms with van der Waals surface area (Å²) < 4.78 is 5.24. The number of ether oxygens (including phenoxy) is 1. The molecule has 6 heteroatoms. The number of aromatic nitrogens is 2. The van der Waals surface area contributed by atoms with Crippen molar-refractivity contribution < 1.29 is 9.53 Å².